The minimum atomic E-state index is -0.0369. The van der Waals surface area contributed by atoms with Crippen molar-refractivity contribution in [3.63, 3.8) is 0 Å². The van der Waals surface area contributed by atoms with Crippen molar-refractivity contribution < 1.29 is 14.9 Å². The number of rotatable bonds is 9. The summed E-state index contributed by atoms with van der Waals surface area (Å²) in [6, 6.07) is 3.15. The van der Waals surface area contributed by atoms with Crippen LogP contribution in [-0.4, -0.2) is 24.4 Å². The van der Waals surface area contributed by atoms with Gasteiger partial charge in [-0.2, -0.15) is 0 Å². The van der Waals surface area contributed by atoms with Crippen molar-refractivity contribution in [1.29, 1.82) is 0 Å². The monoisotopic (exact) mass is 415 g/mol. The van der Waals surface area contributed by atoms with Crippen molar-refractivity contribution in [3.05, 3.63) is 76.0 Å². The second-order valence-corrected chi connectivity index (χ2v) is 7.54. The van der Waals surface area contributed by atoms with E-state index in [0.29, 0.717) is 21.7 Å². The standard InChI is InChI=1S/C24H33NO3S/c1-9-17(11-15(5)22(10-2)28-8)23(16(6)29)24(25-7)19-12-18(14(3)4)20(26)13-21(19)27/h9,11-14,25-27,29H,1,6,10H2,2-5,7-8H3/b17-11+,22-15+,24-23+. The van der Waals surface area contributed by atoms with E-state index in [1.807, 2.05) is 33.8 Å². The van der Waals surface area contributed by atoms with Crippen molar-refractivity contribution in [3.8, 4) is 11.5 Å². The maximum atomic E-state index is 10.6. The van der Waals surface area contributed by atoms with E-state index in [1.165, 1.54) is 6.07 Å². The van der Waals surface area contributed by atoms with Crippen LogP contribution >= 0.6 is 12.6 Å². The van der Waals surface area contributed by atoms with Gasteiger partial charge in [-0.05, 0) is 41.7 Å². The lowest BCUT2D eigenvalue weighted by Crippen LogP contribution is -2.10. The van der Waals surface area contributed by atoms with Gasteiger partial charge < -0.3 is 20.3 Å². The summed E-state index contributed by atoms with van der Waals surface area (Å²) in [6.07, 6.45) is 4.45. The first-order chi connectivity index (χ1) is 13.6. The Balaban J connectivity index is 3.89. The molecule has 158 valence electrons. The largest absolute Gasteiger partial charge is 0.508 e. The summed E-state index contributed by atoms with van der Waals surface area (Å²) in [7, 11) is 3.42. The normalized spacial score (nSPS) is 13.6. The number of phenolic OH excluding ortho intramolecular Hbond substituents is 2. The molecule has 0 amide bonds. The molecule has 0 radical (unpaired) electrons. The lowest BCUT2D eigenvalue weighted by Gasteiger charge is -2.20. The van der Waals surface area contributed by atoms with Gasteiger partial charge in [0.2, 0.25) is 0 Å². The van der Waals surface area contributed by atoms with Gasteiger partial charge in [0, 0.05) is 35.6 Å². The molecule has 0 spiro atoms. The highest BCUT2D eigenvalue weighted by Crippen LogP contribution is 2.38. The van der Waals surface area contributed by atoms with E-state index in [0.717, 1.165) is 28.9 Å². The number of aromatic hydroxyl groups is 2. The number of phenols is 2. The van der Waals surface area contributed by atoms with E-state index in [1.54, 1.807) is 26.3 Å². The van der Waals surface area contributed by atoms with Crippen molar-refractivity contribution in [2.45, 2.75) is 40.0 Å². The predicted molar refractivity (Wildman–Crippen MR) is 126 cm³/mol. The van der Waals surface area contributed by atoms with Gasteiger partial charge in [0.25, 0.3) is 0 Å². The van der Waals surface area contributed by atoms with Crippen LogP contribution in [0.4, 0.5) is 0 Å². The highest BCUT2D eigenvalue weighted by molar-refractivity contribution is 7.84. The molecule has 0 unspecified atom stereocenters. The van der Waals surface area contributed by atoms with Crippen molar-refractivity contribution in [1.82, 2.24) is 5.32 Å². The number of ether oxygens (including phenoxy) is 1. The van der Waals surface area contributed by atoms with E-state index < -0.39 is 0 Å². The molecule has 0 aliphatic carbocycles. The molecule has 0 aliphatic heterocycles. The lowest BCUT2D eigenvalue weighted by atomic mass is 9.93. The number of nitrogens with one attached hydrogen (secondary N) is 1. The predicted octanol–water partition coefficient (Wildman–Crippen LogP) is 6.04. The second-order valence-electron chi connectivity index (χ2n) is 7.00. The number of hydrogen-bond acceptors (Lipinski definition) is 5. The maximum absolute atomic E-state index is 10.6. The van der Waals surface area contributed by atoms with E-state index in [2.05, 4.69) is 31.1 Å². The highest BCUT2D eigenvalue weighted by Gasteiger charge is 2.19. The van der Waals surface area contributed by atoms with Crippen molar-refractivity contribution >= 4 is 18.3 Å². The van der Waals surface area contributed by atoms with Gasteiger partial charge in [0.15, 0.2) is 0 Å². The van der Waals surface area contributed by atoms with Gasteiger partial charge in [0.1, 0.15) is 11.5 Å². The van der Waals surface area contributed by atoms with Crippen LogP contribution in [0.1, 0.15) is 51.2 Å². The van der Waals surface area contributed by atoms with Gasteiger partial charge in [-0.25, -0.2) is 0 Å². The molecule has 0 saturated carbocycles. The molecule has 0 fully saturated rings. The van der Waals surface area contributed by atoms with Crippen LogP contribution in [0, 0.1) is 0 Å². The number of benzene rings is 1. The van der Waals surface area contributed by atoms with Gasteiger partial charge in [0.05, 0.1) is 18.6 Å². The summed E-state index contributed by atoms with van der Waals surface area (Å²) < 4.78 is 5.45. The third-order valence-corrected chi connectivity index (χ3v) is 4.94. The summed E-state index contributed by atoms with van der Waals surface area (Å²) in [6.45, 7) is 15.9. The molecular weight excluding hydrogens is 382 g/mol. The molecule has 3 N–H and O–H groups in total. The molecule has 1 aromatic rings. The zero-order valence-corrected chi connectivity index (χ0v) is 19.2. The first kappa shape index (κ1) is 24.5. The molecule has 0 bridgehead atoms. The van der Waals surface area contributed by atoms with Crippen LogP contribution in [-0.2, 0) is 4.74 Å². The molecule has 0 heterocycles. The fourth-order valence-corrected chi connectivity index (χ4v) is 3.48. The molecule has 29 heavy (non-hydrogen) atoms. The van der Waals surface area contributed by atoms with E-state index in [-0.39, 0.29) is 17.4 Å². The van der Waals surface area contributed by atoms with Gasteiger partial charge >= 0.3 is 0 Å². The smallest absolute Gasteiger partial charge is 0.128 e. The molecule has 0 aromatic heterocycles. The summed E-state index contributed by atoms with van der Waals surface area (Å²) in [4.78, 5) is 0.516. The summed E-state index contributed by atoms with van der Waals surface area (Å²) in [5.74, 6) is 0.983. The molecule has 5 heteroatoms. The first-order valence-electron chi connectivity index (χ1n) is 9.57. The molecule has 0 aliphatic rings. The average Bonchev–Trinajstić information content (AvgIpc) is 2.65. The zero-order valence-electron chi connectivity index (χ0n) is 18.3. The Labute approximate surface area is 180 Å². The molecule has 0 saturated heterocycles. The third kappa shape index (κ3) is 5.73. The number of hydrogen-bond donors (Lipinski definition) is 4. The minimum Gasteiger partial charge on any atom is -0.508 e. The topological polar surface area (TPSA) is 61.7 Å². The van der Waals surface area contributed by atoms with Crippen LogP contribution in [0.3, 0.4) is 0 Å². The van der Waals surface area contributed by atoms with E-state index in [9.17, 15) is 10.2 Å². The van der Waals surface area contributed by atoms with Gasteiger partial charge in [-0.15, -0.1) is 12.6 Å². The Hall–Kier alpha value is -2.53. The molecule has 4 nitrogen and oxygen atoms in total. The SMILES string of the molecule is C=CC(=C\C(C)=C(/CC)OC)/C(C(=C)S)=C(/NC)c1cc(C(C)C)c(O)cc1O. The van der Waals surface area contributed by atoms with E-state index >= 15 is 0 Å². The minimum absolute atomic E-state index is 0.0369. The molecular formula is C24H33NO3S. The van der Waals surface area contributed by atoms with Crippen LogP contribution in [0.25, 0.3) is 5.70 Å². The number of thiol groups is 1. The summed E-state index contributed by atoms with van der Waals surface area (Å²) >= 11 is 4.51. The van der Waals surface area contributed by atoms with Crippen LogP contribution in [0.15, 0.2) is 64.8 Å². The first-order valence-corrected chi connectivity index (χ1v) is 10.0. The average molecular weight is 416 g/mol. The lowest BCUT2D eigenvalue weighted by molar-refractivity contribution is 0.277. The summed E-state index contributed by atoms with van der Waals surface area (Å²) in [5, 5.41) is 23.9. The Bertz CT molecular complexity index is 870. The van der Waals surface area contributed by atoms with Gasteiger partial charge in [-0.1, -0.05) is 40.0 Å². The Kier molecular flexibility index (Phi) is 9.18. The van der Waals surface area contributed by atoms with E-state index in [4.69, 9.17) is 4.74 Å². The summed E-state index contributed by atoms with van der Waals surface area (Å²) in [5.41, 5.74) is 4.38. The molecule has 1 aromatic carbocycles. The van der Waals surface area contributed by atoms with Crippen molar-refractivity contribution in [2.75, 3.05) is 14.2 Å². The highest BCUT2D eigenvalue weighted by atomic mass is 32.1. The van der Waals surface area contributed by atoms with Crippen LogP contribution in [0.2, 0.25) is 0 Å². The van der Waals surface area contributed by atoms with Crippen molar-refractivity contribution in [2.24, 2.45) is 0 Å². The fourth-order valence-electron chi connectivity index (χ4n) is 3.24. The van der Waals surface area contributed by atoms with Gasteiger partial charge in [-0.3, -0.25) is 0 Å². The molecule has 0 atom stereocenters. The second kappa shape index (κ2) is 10.9. The Morgan fingerprint density at radius 1 is 1.28 bits per heavy atom. The Morgan fingerprint density at radius 3 is 2.31 bits per heavy atom. The number of allylic oxidation sites excluding steroid dienone is 6. The third-order valence-electron chi connectivity index (χ3n) is 4.71. The zero-order chi connectivity index (χ0) is 22.3. The van der Waals surface area contributed by atoms with Crippen LogP contribution in [0.5, 0.6) is 11.5 Å². The fraction of sp³-hybridized carbons (Fsp3) is 0.333. The number of methoxy groups -OCH3 is 1. The maximum Gasteiger partial charge on any atom is 0.128 e. The quantitative estimate of drug-likeness (QED) is 0.226. The Morgan fingerprint density at radius 2 is 1.90 bits per heavy atom. The van der Waals surface area contributed by atoms with Crippen LogP contribution < -0.4 is 5.32 Å². The molecule has 1 rings (SSSR count).